The van der Waals surface area contributed by atoms with E-state index in [2.05, 4.69) is 15.9 Å². The second kappa shape index (κ2) is 3.83. The van der Waals surface area contributed by atoms with Crippen LogP contribution in [0.25, 0.3) is 10.4 Å². The molecule has 0 unspecified atom stereocenters. The summed E-state index contributed by atoms with van der Waals surface area (Å²) in [6.45, 7) is 0. The second-order valence-electron chi connectivity index (χ2n) is 3.20. The first kappa shape index (κ1) is 10.4. The van der Waals surface area contributed by atoms with Crippen LogP contribution in [0.2, 0.25) is 0 Å². The number of nitrogens with zero attached hydrogens (tertiary/aromatic N) is 1. The lowest BCUT2D eigenvalue weighted by atomic mass is 10.2. The molecule has 2 aromatic heterocycles. The molecule has 0 atom stereocenters. The van der Waals surface area contributed by atoms with Gasteiger partial charge in [0.25, 0.3) is 5.56 Å². The van der Waals surface area contributed by atoms with Crippen molar-refractivity contribution in [1.82, 2.24) is 4.57 Å². The Kier molecular flexibility index (Phi) is 2.67. The molecule has 0 spiro atoms. The van der Waals surface area contributed by atoms with Crippen molar-refractivity contribution < 1.29 is 0 Å². The highest BCUT2D eigenvalue weighted by molar-refractivity contribution is 9.10. The first-order valence-electron chi connectivity index (χ1n) is 4.29. The van der Waals surface area contributed by atoms with Crippen molar-refractivity contribution >= 4 is 33.1 Å². The highest BCUT2D eigenvalue weighted by atomic mass is 79.9. The van der Waals surface area contributed by atoms with Crippen molar-refractivity contribution in [3.8, 4) is 10.4 Å². The molecule has 0 aromatic carbocycles. The minimum Gasteiger partial charge on any atom is -0.385 e. The summed E-state index contributed by atoms with van der Waals surface area (Å²) < 4.78 is 2.44. The first-order chi connectivity index (χ1) is 7.08. The summed E-state index contributed by atoms with van der Waals surface area (Å²) in [5, 5.41) is 1.98. The van der Waals surface area contributed by atoms with Crippen molar-refractivity contribution in [2.45, 2.75) is 0 Å². The molecule has 0 radical (unpaired) electrons. The first-order valence-corrected chi connectivity index (χ1v) is 5.96. The van der Waals surface area contributed by atoms with Crippen molar-refractivity contribution in [3.05, 3.63) is 38.4 Å². The van der Waals surface area contributed by atoms with Crippen LogP contribution in [0.5, 0.6) is 0 Å². The molecule has 0 bridgehead atoms. The van der Waals surface area contributed by atoms with Gasteiger partial charge in [-0.1, -0.05) is 0 Å². The molecular formula is C10H9BrN2OS. The quantitative estimate of drug-likeness (QED) is 0.875. The van der Waals surface area contributed by atoms with Gasteiger partial charge in [-0.3, -0.25) is 9.36 Å². The summed E-state index contributed by atoms with van der Waals surface area (Å²) in [4.78, 5) is 12.6. The fraction of sp³-hybridized carbons (Fsp3) is 0.100. The van der Waals surface area contributed by atoms with E-state index in [0.717, 1.165) is 14.9 Å². The molecule has 2 aromatic rings. The van der Waals surface area contributed by atoms with Crippen molar-refractivity contribution in [2.75, 3.05) is 5.73 Å². The van der Waals surface area contributed by atoms with Gasteiger partial charge in [0.05, 0.1) is 0 Å². The highest BCUT2D eigenvalue weighted by Gasteiger charge is 2.05. The number of hydrogen-bond donors (Lipinski definition) is 1. The van der Waals surface area contributed by atoms with E-state index in [-0.39, 0.29) is 5.56 Å². The van der Waals surface area contributed by atoms with Gasteiger partial charge in [-0.15, -0.1) is 11.3 Å². The molecule has 0 saturated heterocycles. The smallest absolute Gasteiger partial charge is 0.252 e. The van der Waals surface area contributed by atoms with E-state index >= 15 is 0 Å². The molecule has 15 heavy (non-hydrogen) atoms. The third-order valence-electron chi connectivity index (χ3n) is 2.15. The average molecular weight is 285 g/mol. The van der Waals surface area contributed by atoms with Crippen molar-refractivity contribution in [3.63, 3.8) is 0 Å². The van der Waals surface area contributed by atoms with Gasteiger partial charge in [0, 0.05) is 33.4 Å². The number of halogens is 1. The predicted molar refractivity (Wildman–Crippen MR) is 67.1 cm³/mol. The fourth-order valence-corrected chi connectivity index (χ4v) is 2.68. The molecule has 0 aliphatic carbocycles. The molecule has 0 aliphatic heterocycles. The normalized spacial score (nSPS) is 10.5. The molecule has 78 valence electrons. The zero-order valence-electron chi connectivity index (χ0n) is 8.03. The number of aromatic nitrogens is 1. The van der Waals surface area contributed by atoms with Crippen LogP contribution < -0.4 is 11.3 Å². The Labute approximate surface area is 99.3 Å². The van der Waals surface area contributed by atoms with Gasteiger partial charge in [-0.05, 0) is 28.1 Å². The van der Waals surface area contributed by atoms with Gasteiger partial charge >= 0.3 is 0 Å². The maximum Gasteiger partial charge on any atom is 0.252 e. The zero-order chi connectivity index (χ0) is 11.0. The Bertz CT molecular complexity index is 559. The van der Waals surface area contributed by atoms with Crippen LogP contribution in [-0.2, 0) is 7.05 Å². The molecule has 0 saturated carbocycles. The monoisotopic (exact) mass is 284 g/mol. The molecule has 5 heteroatoms. The van der Waals surface area contributed by atoms with Crippen LogP contribution in [0.1, 0.15) is 0 Å². The van der Waals surface area contributed by atoms with Crippen LogP contribution in [0.3, 0.4) is 0 Å². The molecule has 0 amide bonds. The van der Waals surface area contributed by atoms with E-state index in [1.165, 1.54) is 4.57 Å². The number of rotatable bonds is 1. The Morgan fingerprint density at radius 3 is 2.67 bits per heavy atom. The van der Waals surface area contributed by atoms with Gasteiger partial charge in [-0.25, -0.2) is 0 Å². The summed E-state index contributed by atoms with van der Waals surface area (Å²) in [7, 11) is 1.66. The standard InChI is InChI=1S/C10H9BrN2OS/c1-13-9(12)2-6(3-10(13)14)8-4-7(11)5-15-8/h2-5H,12H2,1H3. The predicted octanol–water partition coefficient (Wildman–Crippen LogP) is 2.46. The number of pyridine rings is 1. The Balaban J connectivity index is 2.60. The van der Waals surface area contributed by atoms with Gasteiger partial charge in [0.15, 0.2) is 0 Å². The van der Waals surface area contributed by atoms with Crippen LogP contribution >= 0.6 is 27.3 Å². The summed E-state index contributed by atoms with van der Waals surface area (Å²) >= 11 is 4.95. The van der Waals surface area contributed by atoms with E-state index < -0.39 is 0 Å². The molecule has 3 nitrogen and oxygen atoms in total. The third-order valence-corrected chi connectivity index (χ3v) is 3.89. The minimum absolute atomic E-state index is 0.0884. The summed E-state index contributed by atoms with van der Waals surface area (Å²) in [6.07, 6.45) is 0. The van der Waals surface area contributed by atoms with Crippen molar-refractivity contribution in [1.29, 1.82) is 0 Å². The Morgan fingerprint density at radius 1 is 1.40 bits per heavy atom. The Hall–Kier alpha value is -1.07. The van der Waals surface area contributed by atoms with Gasteiger partial charge in [0.2, 0.25) is 0 Å². The number of nitrogens with two attached hydrogens (primary N) is 1. The molecule has 0 aliphatic rings. The summed E-state index contributed by atoms with van der Waals surface area (Å²) in [6, 6.07) is 5.37. The van der Waals surface area contributed by atoms with Crippen LogP contribution in [-0.4, -0.2) is 4.57 Å². The second-order valence-corrected chi connectivity index (χ2v) is 5.02. The number of hydrogen-bond acceptors (Lipinski definition) is 3. The largest absolute Gasteiger partial charge is 0.385 e. The third kappa shape index (κ3) is 1.98. The highest BCUT2D eigenvalue weighted by Crippen LogP contribution is 2.29. The number of thiophene rings is 1. The summed E-state index contributed by atoms with van der Waals surface area (Å²) in [5.41, 5.74) is 6.50. The Morgan fingerprint density at radius 2 is 2.13 bits per heavy atom. The lowest BCUT2D eigenvalue weighted by molar-refractivity contribution is 0.876. The van der Waals surface area contributed by atoms with Crippen LogP contribution in [0, 0.1) is 0 Å². The van der Waals surface area contributed by atoms with Crippen LogP contribution in [0.4, 0.5) is 5.82 Å². The lowest BCUT2D eigenvalue weighted by Crippen LogP contribution is -2.18. The average Bonchev–Trinajstić information content (AvgIpc) is 2.60. The maximum atomic E-state index is 11.5. The lowest BCUT2D eigenvalue weighted by Gasteiger charge is -2.04. The van der Waals surface area contributed by atoms with E-state index in [4.69, 9.17) is 5.73 Å². The van der Waals surface area contributed by atoms with Crippen LogP contribution in [0.15, 0.2) is 32.8 Å². The molecule has 2 N–H and O–H groups in total. The van der Waals surface area contributed by atoms with E-state index in [1.54, 1.807) is 30.5 Å². The van der Waals surface area contributed by atoms with Gasteiger partial charge in [-0.2, -0.15) is 0 Å². The SMILES string of the molecule is Cn1c(N)cc(-c2cc(Br)cs2)cc1=O. The van der Waals surface area contributed by atoms with Crippen molar-refractivity contribution in [2.24, 2.45) is 7.05 Å². The van der Waals surface area contributed by atoms with E-state index in [9.17, 15) is 4.79 Å². The summed E-state index contributed by atoms with van der Waals surface area (Å²) in [5.74, 6) is 0.474. The molecule has 0 fully saturated rings. The number of anilines is 1. The molecule has 2 heterocycles. The number of nitrogen functional groups attached to an aromatic ring is 1. The zero-order valence-corrected chi connectivity index (χ0v) is 10.4. The topological polar surface area (TPSA) is 48.0 Å². The van der Waals surface area contributed by atoms with Gasteiger partial charge < -0.3 is 5.73 Å². The van der Waals surface area contributed by atoms with Gasteiger partial charge in [0.1, 0.15) is 5.82 Å². The molecular weight excluding hydrogens is 276 g/mol. The van der Waals surface area contributed by atoms with E-state index in [1.807, 2.05) is 11.4 Å². The maximum absolute atomic E-state index is 11.5. The van der Waals surface area contributed by atoms with E-state index in [0.29, 0.717) is 5.82 Å². The molecule has 2 rings (SSSR count). The fourth-order valence-electron chi connectivity index (χ4n) is 1.26. The minimum atomic E-state index is -0.0884.